The van der Waals surface area contributed by atoms with Gasteiger partial charge >= 0.3 is 11.9 Å². The van der Waals surface area contributed by atoms with Gasteiger partial charge in [-0.3, -0.25) is 14.4 Å². The minimum absolute atomic E-state index is 0.0699. The summed E-state index contributed by atoms with van der Waals surface area (Å²) in [6.07, 6.45) is 11.1. The van der Waals surface area contributed by atoms with Crippen molar-refractivity contribution in [2.24, 2.45) is 0 Å². The average molecular weight is 401 g/mol. The lowest BCUT2D eigenvalue weighted by molar-refractivity contribution is -0.875. The van der Waals surface area contributed by atoms with Gasteiger partial charge in [0.1, 0.15) is 6.54 Å². The Balaban J connectivity index is 4.03. The molecule has 0 aliphatic heterocycles. The van der Waals surface area contributed by atoms with Crippen LogP contribution < -0.4 is 0 Å². The van der Waals surface area contributed by atoms with Gasteiger partial charge in [-0.15, -0.1) is 0 Å². The summed E-state index contributed by atoms with van der Waals surface area (Å²) in [5, 5.41) is 28.2. The Morgan fingerprint density at radius 3 is 1.86 bits per heavy atom. The van der Waals surface area contributed by atoms with Crippen LogP contribution in [0.5, 0.6) is 0 Å². The van der Waals surface area contributed by atoms with Crippen LogP contribution in [0.3, 0.4) is 0 Å². The number of aliphatic carboxylic acids is 2. The molecule has 0 aromatic heterocycles. The number of ketones is 1. The molecule has 0 rings (SSSR count). The predicted octanol–water partition coefficient (Wildman–Crippen LogP) is 3.01. The van der Waals surface area contributed by atoms with Crippen LogP contribution in [0.25, 0.3) is 0 Å². The first-order valence-electron chi connectivity index (χ1n) is 10.1. The monoisotopic (exact) mass is 400 g/mol. The Hall–Kier alpha value is -1.73. The van der Waals surface area contributed by atoms with Crippen LogP contribution in [0.4, 0.5) is 0 Å². The highest BCUT2D eigenvalue weighted by molar-refractivity contribution is 5.91. The lowest BCUT2D eigenvalue weighted by Crippen LogP contribution is -2.54. The molecule has 28 heavy (non-hydrogen) atoms. The van der Waals surface area contributed by atoms with Gasteiger partial charge in [-0.1, -0.05) is 31.4 Å². The molecule has 0 saturated carbocycles. The van der Waals surface area contributed by atoms with Crippen molar-refractivity contribution < 1.29 is 34.2 Å². The van der Waals surface area contributed by atoms with E-state index in [1.807, 2.05) is 27.2 Å². The first kappa shape index (κ1) is 26.3. The summed E-state index contributed by atoms with van der Waals surface area (Å²) >= 11 is 0. The zero-order chi connectivity index (χ0) is 21.6. The Morgan fingerprint density at radius 1 is 0.786 bits per heavy atom. The summed E-state index contributed by atoms with van der Waals surface area (Å²) < 4.78 is 0.311. The number of quaternary nitrogens is 1. The number of allylic oxidation sites excluding steroid dienone is 2. The van der Waals surface area contributed by atoms with Gasteiger partial charge in [0.2, 0.25) is 0 Å². The van der Waals surface area contributed by atoms with Crippen LogP contribution in [0.1, 0.15) is 70.6 Å². The van der Waals surface area contributed by atoms with Gasteiger partial charge < -0.3 is 19.8 Å². The number of nitrogens with zero attached hydrogens (tertiary/aromatic N) is 1. The zero-order valence-corrected chi connectivity index (χ0v) is 17.7. The molecular formula is C21H38NO6+. The number of carboxylic acid groups (broad SMARTS) is 2. The second-order valence-electron chi connectivity index (χ2n) is 8.54. The van der Waals surface area contributed by atoms with Crippen molar-refractivity contribution in [3.63, 3.8) is 0 Å². The SMILES string of the molecule is C[N+](C)(C)CC(O)(CC(=O)O)C(=O)CCC/C=C\CCCCCCCC(=O)O. The first-order valence-corrected chi connectivity index (χ1v) is 10.1. The first-order chi connectivity index (χ1) is 13.0. The topological polar surface area (TPSA) is 112 Å². The average Bonchev–Trinajstić information content (AvgIpc) is 2.52. The van der Waals surface area contributed by atoms with E-state index in [0.717, 1.165) is 44.9 Å². The van der Waals surface area contributed by atoms with Gasteiger partial charge in [0.25, 0.3) is 0 Å². The van der Waals surface area contributed by atoms with Gasteiger partial charge in [-0.2, -0.15) is 0 Å². The number of carbonyl (C=O) groups excluding carboxylic acids is 1. The molecule has 0 heterocycles. The van der Waals surface area contributed by atoms with Crippen molar-refractivity contribution in [2.45, 2.75) is 76.2 Å². The van der Waals surface area contributed by atoms with Crippen molar-refractivity contribution in [3.05, 3.63) is 12.2 Å². The quantitative estimate of drug-likeness (QED) is 0.197. The van der Waals surface area contributed by atoms with E-state index >= 15 is 0 Å². The van der Waals surface area contributed by atoms with Gasteiger partial charge in [0, 0.05) is 12.8 Å². The Labute approximate surface area is 168 Å². The van der Waals surface area contributed by atoms with Gasteiger partial charge in [0.15, 0.2) is 11.4 Å². The standard InChI is InChI=1S/C21H37NO6/c1-22(2,3)17-21(28,16-20(26)27)18(23)14-12-10-8-6-4-5-7-9-11-13-15-19(24)25/h6,8,28H,4-5,7,9-17H2,1-3H3,(H-,24,25,26,27)/p+1/b8-6-. The van der Waals surface area contributed by atoms with Gasteiger partial charge in [-0.25, -0.2) is 0 Å². The molecule has 0 fully saturated rings. The fourth-order valence-electron chi connectivity index (χ4n) is 3.20. The van der Waals surface area contributed by atoms with E-state index in [1.54, 1.807) is 0 Å². The van der Waals surface area contributed by atoms with Crippen LogP contribution in [-0.4, -0.2) is 70.8 Å². The Kier molecular flexibility index (Phi) is 12.6. The highest BCUT2D eigenvalue weighted by Gasteiger charge is 2.42. The lowest BCUT2D eigenvalue weighted by Gasteiger charge is -2.33. The van der Waals surface area contributed by atoms with Crippen LogP contribution in [0.15, 0.2) is 12.2 Å². The van der Waals surface area contributed by atoms with E-state index in [9.17, 15) is 19.5 Å². The number of hydrogen-bond donors (Lipinski definition) is 3. The fraction of sp³-hybridized carbons (Fsp3) is 0.762. The van der Waals surface area contributed by atoms with Crippen molar-refractivity contribution in [3.8, 4) is 0 Å². The van der Waals surface area contributed by atoms with Crippen molar-refractivity contribution in [2.75, 3.05) is 27.7 Å². The van der Waals surface area contributed by atoms with Crippen molar-refractivity contribution in [1.29, 1.82) is 0 Å². The van der Waals surface area contributed by atoms with Crippen LogP contribution in [0, 0.1) is 0 Å². The molecule has 0 aliphatic carbocycles. The molecule has 1 atom stereocenters. The second kappa shape index (κ2) is 13.4. The zero-order valence-electron chi connectivity index (χ0n) is 17.7. The molecule has 0 radical (unpaired) electrons. The van der Waals surface area contributed by atoms with Gasteiger partial charge in [-0.05, 0) is 32.1 Å². The van der Waals surface area contributed by atoms with E-state index in [4.69, 9.17) is 10.2 Å². The van der Waals surface area contributed by atoms with Crippen LogP contribution >= 0.6 is 0 Å². The molecule has 3 N–H and O–H groups in total. The molecular weight excluding hydrogens is 362 g/mol. The van der Waals surface area contributed by atoms with Crippen molar-refractivity contribution >= 4 is 17.7 Å². The van der Waals surface area contributed by atoms with E-state index in [-0.39, 0.29) is 19.4 Å². The molecule has 1 unspecified atom stereocenters. The molecule has 0 amide bonds. The van der Waals surface area contributed by atoms with Crippen molar-refractivity contribution in [1.82, 2.24) is 0 Å². The molecule has 162 valence electrons. The number of carbonyl (C=O) groups is 3. The number of aliphatic hydroxyl groups is 1. The molecule has 0 aliphatic rings. The fourth-order valence-corrected chi connectivity index (χ4v) is 3.20. The number of unbranched alkanes of at least 4 members (excludes halogenated alkanes) is 6. The lowest BCUT2D eigenvalue weighted by atomic mass is 9.90. The highest BCUT2D eigenvalue weighted by atomic mass is 16.4. The van der Waals surface area contributed by atoms with Crippen LogP contribution in [0.2, 0.25) is 0 Å². The van der Waals surface area contributed by atoms with E-state index < -0.39 is 29.7 Å². The number of rotatable bonds is 17. The molecule has 0 saturated heterocycles. The molecule has 0 aromatic carbocycles. The second-order valence-corrected chi connectivity index (χ2v) is 8.54. The summed E-state index contributed by atoms with van der Waals surface area (Å²) in [4.78, 5) is 33.8. The minimum atomic E-state index is -1.82. The summed E-state index contributed by atoms with van der Waals surface area (Å²) in [5.41, 5.74) is -1.82. The maximum absolute atomic E-state index is 12.4. The number of likely N-dealkylation sites (N-methyl/N-ethyl adjacent to an activating group) is 1. The number of hydrogen-bond acceptors (Lipinski definition) is 4. The third kappa shape index (κ3) is 14.3. The number of carboxylic acids is 2. The molecule has 0 spiro atoms. The summed E-state index contributed by atoms with van der Waals surface area (Å²) in [7, 11) is 5.44. The van der Waals surface area contributed by atoms with Gasteiger partial charge in [0.05, 0.1) is 27.6 Å². The summed E-state index contributed by atoms with van der Waals surface area (Å²) in [6, 6.07) is 0. The van der Waals surface area contributed by atoms with E-state index in [1.165, 1.54) is 0 Å². The number of Topliss-reactive ketones (excluding diaryl/α,β-unsaturated/α-hetero) is 1. The smallest absolute Gasteiger partial charge is 0.306 e. The Morgan fingerprint density at radius 2 is 1.32 bits per heavy atom. The molecule has 7 heteroatoms. The third-order valence-electron chi connectivity index (χ3n) is 4.40. The summed E-state index contributed by atoms with van der Waals surface area (Å²) in [5.74, 6) is -2.31. The Bertz CT molecular complexity index is 523. The largest absolute Gasteiger partial charge is 0.481 e. The van der Waals surface area contributed by atoms with Crippen LogP contribution in [-0.2, 0) is 14.4 Å². The molecule has 7 nitrogen and oxygen atoms in total. The maximum Gasteiger partial charge on any atom is 0.306 e. The molecule has 0 bridgehead atoms. The highest BCUT2D eigenvalue weighted by Crippen LogP contribution is 2.19. The maximum atomic E-state index is 12.4. The third-order valence-corrected chi connectivity index (χ3v) is 4.40. The normalized spacial score (nSPS) is 14.1. The van der Waals surface area contributed by atoms with E-state index in [2.05, 4.69) is 6.08 Å². The minimum Gasteiger partial charge on any atom is -0.481 e. The summed E-state index contributed by atoms with van der Waals surface area (Å²) in [6.45, 7) is 0.0699. The molecule has 0 aromatic rings. The van der Waals surface area contributed by atoms with E-state index in [0.29, 0.717) is 10.9 Å². The predicted molar refractivity (Wildman–Crippen MR) is 108 cm³/mol.